The third-order valence-electron chi connectivity index (χ3n) is 5.05. The highest BCUT2D eigenvalue weighted by atomic mass is 32.1. The van der Waals surface area contributed by atoms with Gasteiger partial charge in [-0.1, -0.05) is 12.1 Å². The Balaban J connectivity index is 2.19. The second-order valence-corrected chi connectivity index (χ2v) is 8.36. The van der Waals surface area contributed by atoms with Gasteiger partial charge in [0.1, 0.15) is 28.7 Å². The van der Waals surface area contributed by atoms with E-state index >= 15 is 0 Å². The van der Waals surface area contributed by atoms with Crippen molar-refractivity contribution in [3.63, 3.8) is 0 Å². The maximum absolute atomic E-state index is 14.0. The molecule has 0 bridgehead atoms. The minimum absolute atomic E-state index is 0.108. The lowest BCUT2D eigenvalue weighted by Crippen LogP contribution is -2.45. The number of nitrogens with zero attached hydrogens (tertiary/aromatic N) is 2. The molecule has 1 atom stereocenters. The Morgan fingerprint density at radius 1 is 1.14 bits per heavy atom. The van der Waals surface area contributed by atoms with Gasteiger partial charge >= 0.3 is 5.97 Å². The lowest BCUT2D eigenvalue weighted by molar-refractivity contribution is -0.143. The number of carbonyl (C=O) groups is 4. The molecule has 0 saturated heterocycles. The molecule has 0 fully saturated rings. The topological polar surface area (TPSA) is 180 Å². The van der Waals surface area contributed by atoms with Crippen molar-refractivity contribution in [1.29, 1.82) is 0 Å². The molecule has 1 aromatic carbocycles. The van der Waals surface area contributed by atoms with E-state index in [4.69, 9.17) is 25.4 Å². The predicted molar refractivity (Wildman–Crippen MR) is 135 cm³/mol. The Kier molecular flexibility index (Phi) is 8.85. The molecule has 5 N–H and O–H groups in total. The van der Waals surface area contributed by atoms with Gasteiger partial charge in [-0.15, -0.1) is 0 Å². The molecule has 13 heteroatoms. The van der Waals surface area contributed by atoms with E-state index < -0.39 is 36.3 Å². The number of hydrogen-bond donors (Lipinski definition) is 3. The quantitative estimate of drug-likeness (QED) is 0.314. The number of nitrogens with one attached hydrogen (secondary N) is 1. The lowest BCUT2D eigenvalue weighted by atomic mass is 10.1. The monoisotopic (exact) mass is 529 g/mol. The third kappa shape index (κ3) is 6.06. The highest BCUT2D eigenvalue weighted by Gasteiger charge is 2.39. The lowest BCUT2D eigenvalue weighted by Gasteiger charge is -2.30. The van der Waals surface area contributed by atoms with Crippen LogP contribution in [0.4, 0.5) is 11.4 Å². The van der Waals surface area contributed by atoms with Crippen molar-refractivity contribution in [2.45, 2.75) is 26.8 Å². The molecule has 0 aliphatic carbocycles. The minimum atomic E-state index is -1.41. The Morgan fingerprint density at radius 2 is 1.86 bits per heavy atom. The van der Waals surface area contributed by atoms with Crippen molar-refractivity contribution in [3.8, 4) is 5.75 Å². The first-order valence-electron chi connectivity index (χ1n) is 11.3. The van der Waals surface area contributed by atoms with Crippen molar-refractivity contribution in [1.82, 2.24) is 9.69 Å². The van der Waals surface area contributed by atoms with Gasteiger partial charge in [0, 0.05) is 0 Å². The van der Waals surface area contributed by atoms with Crippen LogP contribution in [0.2, 0.25) is 0 Å². The number of aryl methyl sites for hydroxylation is 1. The summed E-state index contributed by atoms with van der Waals surface area (Å²) in [5.41, 5.74) is 11.1. The number of rotatable bonds is 11. The summed E-state index contributed by atoms with van der Waals surface area (Å²) in [6.07, 6.45) is 0. The Hall–Kier alpha value is -4.39. The second kappa shape index (κ2) is 12.0. The highest BCUT2D eigenvalue weighted by molar-refractivity contribution is 7.09. The number of benzene rings is 1. The molecule has 12 nitrogen and oxygen atoms in total. The fourth-order valence-electron chi connectivity index (χ4n) is 3.48. The fourth-order valence-corrected chi connectivity index (χ4v) is 4.22. The number of primary amides is 1. The van der Waals surface area contributed by atoms with E-state index in [0.717, 1.165) is 4.90 Å². The van der Waals surface area contributed by atoms with Crippen LogP contribution in [0.3, 0.4) is 0 Å². The number of nitrogen functional groups attached to an aromatic ring is 1. The number of para-hydroxylation sites is 2. The predicted octanol–water partition coefficient (Wildman–Crippen LogP) is 2.19. The van der Waals surface area contributed by atoms with Crippen molar-refractivity contribution < 1.29 is 33.1 Å². The van der Waals surface area contributed by atoms with Gasteiger partial charge in [0.2, 0.25) is 0 Å². The van der Waals surface area contributed by atoms with E-state index in [9.17, 15) is 19.2 Å². The molecule has 0 saturated carbocycles. The molecule has 37 heavy (non-hydrogen) atoms. The molecular weight excluding hydrogens is 502 g/mol. The van der Waals surface area contributed by atoms with Gasteiger partial charge in [-0.25, -0.2) is 0 Å². The summed E-state index contributed by atoms with van der Waals surface area (Å²) in [5, 5.41) is 2.50. The Labute approximate surface area is 216 Å². The largest absolute Gasteiger partial charge is 0.492 e. The molecule has 196 valence electrons. The van der Waals surface area contributed by atoms with Gasteiger partial charge in [0.15, 0.2) is 11.7 Å². The van der Waals surface area contributed by atoms with E-state index in [1.807, 2.05) is 0 Å². The molecule has 0 aliphatic heterocycles. The normalized spacial score (nSPS) is 11.4. The van der Waals surface area contributed by atoms with Gasteiger partial charge in [-0.2, -0.15) is 4.37 Å². The molecule has 3 rings (SSSR count). The number of nitrogens with two attached hydrogens (primary N) is 2. The van der Waals surface area contributed by atoms with Crippen molar-refractivity contribution >= 4 is 46.6 Å². The van der Waals surface area contributed by atoms with Crippen LogP contribution in [0.15, 0.2) is 40.8 Å². The minimum Gasteiger partial charge on any atom is -0.492 e. The smallest absolute Gasteiger partial charge is 0.325 e. The average molecular weight is 530 g/mol. The summed E-state index contributed by atoms with van der Waals surface area (Å²) in [7, 11) is 0. The first kappa shape index (κ1) is 27.2. The zero-order chi connectivity index (χ0) is 27.1. The van der Waals surface area contributed by atoms with Crippen LogP contribution in [0.5, 0.6) is 5.75 Å². The summed E-state index contributed by atoms with van der Waals surface area (Å²) in [4.78, 5) is 52.2. The van der Waals surface area contributed by atoms with Gasteiger partial charge in [-0.3, -0.25) is 24.1 Å². The van der Waals surface area contributed by atoms with Gasteiger partial charge in [-0.05, 0) is 56.6 Å². The van der Waals surface area contributed by atoms with Gasteiger partial charge in [0.05, 0.1) is 24.6 Å². The summed E-state index contributed by atoms with van der Waals surface area (Å²) in [6.45, 7) is 5.05. The fraction of sp³-hybridized carbons (Fsp3) is 0.292. The number of aromatic nitrogens is 1. The van der Waals surface area contributed by atoms with Gasteiger partial charge in [0.25, 0.3) is 17.7 Å². The van der Waals surface area contributed by atoms with Gasteiger partial charge < -0.3 is 30.7 Å². The van der Waals surface area contributed by atoms with Crippen LogP contribution in [-0.4, -0.2) is 47.8 Å². The standard InChI is InChI=1S/C24H27N5O7S/c1-4-34-15-9-7-6-8-14(15)29(24(33)21-18(25)19(22(26)31)28-37-21)20(16-11-10-13(3)36-16)23(32)27-12-17(30)35-5-2/h6-11,20H,4-5,12,25H2,1-3H3,(H2,26,31)(H,27,32)/t20-/m1/s1. The molecule has 0 unspecified atom stereocenters. The first-order chi connectivity index (χ1) is 17.7. The van der Waals surface area contributed by atoms with Crippen LogP contribution in [0.25, 0.3) is 0 Å². The molecule has 0 radical (unpaired) electrons. The highest BCUT2D eigenvalue weighted by Crippen LogP contribution is 2.38. The number of esters is 1. The molecular formula is C24H27N5O7S. The molecule has 3 aromatic rings. The molecule has 0 spiro atoms. The van der Waals surface area contributed by atoms with Crippen LogP contribution in [0.1, 0.15) is 51.6 Å². The zero-order valence-electron chi connectivity index (χ0n) is 20.5. The number of ether oxygens (including phenoxy) is 2. The molecule has 2 aromatic heterocycles. The second-order valence-electron chi connectivity index (χ2n) is 7.59. The third-order valence-corrected chi connectivity index (χ3v) is 5.90. The van der Waals surface area contributed by atoms with Crippen LogP contribution < -0.4 is 26.4 Å². The summed E-state index contributed by atoms with van der Waals surface area (Å²) < 4.78 is 20.3. The average Bonchev–Trinajstić information content (AvgIpc) is 3.47. The molecule has 2 heterocycles. The van der Waals surface area contributed by atoms with E-state index in [0.29, 0.717) is 23.0 Å². The number of furan rings is 1. The summed E-state index contributed by atoms with van der Waals surface area (Å²) in [5.74, 6) is -2.17. The maximum Gasteiger partial charge on any atom is 0.325 e. The van der Waals surface area contributed by atoms with Crippen molar-refractivity contribution in [2.75, 3.05) is 30.4 Å². The van der Waals surface area contributed by atoms with E-state index in [-0.39, 0.29) is 40.9 Å². The van der Waals surface area contributed by atoms with Crippen LogP contribution in [-0.2, 0) is 14.3 Å². The number of amides is 3. The van der Waals surface area contributed by atoms with E-state index in [1.54, 1.807) is 57.2 Å². The Morgan fingerprint density at radius 3 is 2.46 bits per heavy atom. The molecule has 0 aliphatic rings. The van der Waals surface area contributed by atoms with E-state index in [2.05, 4.69) is 9.69 Å². The molecule has 3 amide bonds. The van der Waals surface area contributed by atoms with Crippen LogP contribution >= 0.6 is 11.5 Å². The maximum atomic E-state index is 14.0. The number of carbonyl (C=O) groups excluding carboxylic acids is 4. The van der Waals surface area contributed by atoms with E-state index in [1.165, 1.54) is 0 Å². The first-order valence-corrected chi connectivity index (χ1v) is 12.1. The summed E-state index contributed by atoms with van der Waals surface area (Å²) in [6, 6.07) is 8.33. The Bertz CT molecular complexity index is 1300. The number of anilines is 2. The van der Waals surface area contributed by atoms with Crippen molar-refractivity contribution in [2.24, 2.45) is 5.73 Å². The van der Waals surface area contributed by atoms with Crippen molar-refractivity contribution in [3.05, 3.63) is 58.5 Å². The summed E-state index contributed by atoms with van der Waals surface area (Å²) >= 11 is 0.665. The SMILES string of the molecule is CCOC(=O)CNC(=O)[C@@H](c1ccc(C)o1)N(C(=O)c1snc(C(N)=O)c1N)c1ccccc1OCC. The van der Waals surface area contributed by atoms with Crippen LogP contribution in [0, 0.1) is 6.92 Å². The zero-order valence-corrected chi connectivity index (χ0v) is 21.3. The number of hydrogen-bond acceptors (Lipinski definition) is 10.